The molecule has 0 amide bonds. The van der Waals surface area contributed by atoms with Gasteiger partial charge in [0.2, 0.25) is 0 Å². The molecule has 0 aliphatic carbocycles. The molecule has 0 radical (unpaired) electrons. The van der Waals surface area contributed by atoms with E-state index in [1.165, 1.54) is 0 Å². The van der Waals surface area contributed by atoms with Crippen LogP contribution in [0.4, 0.5) is 0 Å². The van der Waals surface area contributed by atoms with Crippen molar-refractivity contribution in [2.75, 3.05) is 0 Å². The van der Waals surface area contributed by atoms with Crippen LogP contribution in [0.3, 0.4) is 0 Å². The van der Waals surface area contributed by atoms with E-state index in [0.29, 0.717) is 0 Å². The first-order valence-electron chi connectivity index (χ1n) is 2.00. The maximum Gasteiger partial charge on any atom is 2.00 e. The van der Waals surface area contributed by atoms with Gasteiger partial charge >= 0.3 is 66.3 Å². The van der Waals surface area contributed by atoms with Crippen molar-refractivity contribution < 1.29 is 119 Å². The fraction of sp³-hybridized carbons (Fsp3) is 0. The SMILES string of the molecule is O=S(=O)([O-])[O-].O=S(=O)([O-])[O-].O=S(=O)([O-])[O-].[Cd+2].[Zn+2].[Zn+2]. The molecule has 0 rings (SSSR count). The van der Waals surface area contributed by atoms with Crippen LogP contribution in [0.25, 0.3) is 0 Å². The Balaban J connectivity index is -0.0000000277. The van der Waals surface area contributed by atoms with Crippen LogP contribution < -0.4 is 0 Å². The molecule has 18 heteroatoms. The van der Waals surface area contributed by atoms with Crippen LogP contribution in [0.2, 0.25) is 0 Å². The van der Waals surface area contributed by atoms with E-state index in [1.807, 2.05) is 0 Å². The second-order valence-corrected chi connectivity index (χ2v) is 3.67. The molecule has 0 heterocycles. The molecule has 0 saturated heterocycles. The van der Waals surface area contributed by atoms with E-state index in [2.05, 4.69) is 0 Å². The maximum absolute atomic E-state index is 8.52. The van der Waals surface area contributed by atoms with Gasteiger partial charge in [-0.25, -0.2) is 0 Å². The van der Waals surface area contributed by atoms with Gasteiger partial charge in [-0.1, -0.05) is 0 Å². The summed E-state index contributed by atoms with van der Waals surface area (Å²) in [4.78, 5) is 0. The Bertz CT molecular complexity index is 346. The van der Waals surface area contributed by atoms with Crippen molar-refractivity contribution in [1.82, 2.24) is 0 Å². The van der Waals surface area contributed by atoms with Gasteiger partial charge in [-0.2, -0.15) is 0 Å². The minimum Gasteiger partial charge on any atom is -0.759 e. The molecule has 0 aliphatic rings. The second kappa shape index (κ2) is 15.2. The molecule has 18 heavy (non-hydrogen) atoms. The van der Waals surface area contributed by atoms with Crippen molar-refractivity contribution in [1.29, 1.82) is 0 Å². The molecule has 0 N–H and O–H groups in total. The van der Waals surface area contributed by atoms with Crippen LogP contribution >= 0.6 is 0 Å². The zero-order valence-electron chi connectivity index (χ0n) is 8.25. The first kappa shape index (κ1) is 36.7. The van der Waals surface area contributed by atoms with Gasteiger partial charge in [0.15, 0.2) is 0 Å². The van der Waals surface area contributed by atoms with Crippen LogP contribution in [-0.4, -0.2) is 52.6 Å². The summed E-state index contributed by atoms with van der Waals surface area (Å²) in [7, 11) is -15.5. The Morgan fingerprint density at radius 2 is 0.444 bits per heavy atom. The summed E-state index contributed by atoms with van der Waals surface area (Å²) in [5.41, 5.74) is 0. The van der Waals surface area contributed by atoms with Gasteiger partial charge < -0.3 is 27.3 Å². The summed E-state index contributed by atoms with van der Waals surface area (Å²) >= 11 is 0. The molecule has 96 valence electrons. The minimum absolute atomic E-state index is 0. The number of rotatable bonds is 0. The molecular formula is CdO12S3Zn2. The summed E-state index contributed by atoms with van der Waals surface area (Å²) < 4.78 is 102. The third-order valence-electron chi connectivity index (χ3n) is 0. The fourth-order valence-electron chi connectivity index (χ4n) is 0. The molecule has 0 bridgehead atoms. The third-order valence-corrected chi connectivity index (χ3v) is 0. The zero-order chi connectivity index (χ0) is 13.5. The van der Waals surface area contributed by atoms with Gasteiger partial charge in [0.1, 0.15) is 0 Å². The fourth-order valence-corrected chi connectivity index (χ4v) is 0. The molecule has 0 saturated carbocycles. The molecular weight excluding hydrogens is 531 g/mol. The molecule has 0 fully saturated rings. The Labute approximate surface area is 148 Å². The van der Waals surface area contributed by atoms with Crippen molar-refractivity contribution in [3.8, 4) is 0 Å². The second-order valence-electron chi connectivity index (χ2n) is 1.22. The molecule has 0 aromatic heterocycles. The van der Waals surface area contributed by atoms with Gasteiger partial charge in [-0.3, -0.25) is 25.3 Å². The van der Waals surface area contributed by atoms with Gasteiger partial charge in [0.25, 0.3) is 0 Å². The van der Waals surface area contributed by atoms with Gasteiger partial charge in [0, 0.05) is 31.2 Å². The molecule has 0 aromatic carbocycles. The van der Waals surface area contributed by atoms with E-state index >= 15 is 0 Å². The van der Waals surface area contributed by atoms with E-state index in [0.717, 1.165) is 0 Å². The molecule has 0 unspecified atom stereocenters. The van der Waals surface area contributed by atoms with Crippen molar-refractivity contribution in [2.24, 2.45) is 0 Å². The first-order valence-corrected chi connectivity index (χ1v) is 6.00. The average Bonchev–Trinajstić information content (AvgIpc) is 1.41. The van der Waals surface area contributed by atoms with Crippen molar-refractivity contribution in [3.05, 3.63) is 0 Å². The van der Waals surface area contributed by atoms with E-state index < -0.39 is 31.2 Å². The predicted molar refractivity (Wildman–Crippen MR) is 31.4 cm³/mol. The van der Waals surface area contributed by atoms with Gasteiger partial charge in [0.05, 0.1) is 0 Å². The van der Waals surface area contributed by atoms with Crippen LogP contribution in [0.15, 0.2) is 0 Å². The first-order chi connectivity index (χ1) is 6.00. The largest absolute Gasteiger partial charge is 2.00 e. The summed E-state index contributed by atoms with van der Waals surface area (Å²) in [5.74, 6) is 0. The molecule has 0 aliphatic heterocycles. The van der Waals surface area contributed by atoms with E-state index in [-0.39, 0.29) is 66.3 Å². The smallest absolute Gasteiger partial charge is 0.759 e. The van der Waals surface area contributed by atoms with Crippen LogP contribution in [-0.2, 0) is 97.5 Å². The summed E-state index contributed by atoms with van der Waals surface area (Å²) in [5, 5.41) is 0. The average molecular weight is 531 g/mol. The van der Waals surface area contributed by atoms with Crippen LogP contribution in [0, 0.1) is 0 Å². The normalized spacial score (nSPS) is 9.67. The van der Waals surface area contributed by atoms with Gasteiger partial charge in [-0.05, 0) is 0 Å². The molecule has 12 nitrogen and oxygen atoms in total. The van der Waals surface area contributed by atoms with Crippen molar-refractivity contribution in [2.45, 2.75) is 0 Å². The monoisotopic (exact) mass is 530 g/mol. The third kappa shape index (κ3) is 1580. The molecule has 0 atom stereocenters. The standard InChI is InChI=1S/Cd.3H2O4S.2Zn/c;3*1-5(2,3)4;;/h;3*(H2,1,2,3,4);;/q+2;;;;2*+2/p-6. The van der Waals surface area contributed by atoms with Gasteiger partial charge in [-0.15, -0.1) is 0 Å². The Hall–Kier alpha value is 1.78. The van der Waals surface area contributed by atoms with E-state index in [9.17, 15) is 0 Å². The Kier molecular flexibility index (Phi) is 31.0. The summed E-state index contributed by atoms with van der Waals surface area (Å²) in [6.07, 6.45) is 0. The van der Waals surface area contributed by atoms with Crippen LogP contribution in [0.1, 0.15) is 0 Å². The molecule has 0 aromatic rings. The summed E-state index contributed by atoms with van der Waals surface area (Å²) in [6, 6.07) is 0. The number of hydrogen-bond acceptors (Lipinski definition) is 12. The van der Waals surface area contributed by atoms with Crippen molar-refractivity contribution >= 4 is 31.2 Å². The summed E-state index contributed by atoms with van der Waals surface area (Å²) in [6.45, 7) is 0. The number of hydrogen-bond donors (Lipinski definition) is 0. The predicted octanol–water partition coefficient (Wildman–Crippen LogP) is -4.02. The van der Waals surface area contributed by atoms with Crippen molar-refractivity contribution in [3.63, 3.8) is 0 Å². The van der Waals surface area contributed by atoms with Crippen LogP contribution in [0.5, 0.6) is 0 Å². The quantitative estimate of drug-likeness (QED) is 0.165. The zero-order valence-corrected chi connectivity index (χ0v) is 20.7. The minimum atomic E-state index is -5.17. The maximum atomic E-state index is 8.52. The Morgan fingerprint density at radius 1 is 0.444 bits per heavy atom. The topological polar surface area (TPSA) is 241 Å². The molecule has 0 spiro atoms. The van der Waals surface area contributed by atoms with E-state index in [4.69, 9.17) is 52.6 Å². The van der Waals surface area contributed by atoms with E-state index in [1.54, 1.807) is 0 Å². The Morgan fingerprint density at radius 3 is 0.444 bits per heavy atom.